The van der Waals surface area contributed by atoms with E-state index in [0.29, 0.717) is 10.5 Å². The minimum absolute atomic E-state index is 0.226. The van der Waals surface area contributed by atoms with Crippen LogP contribution in [0.5, 0.6) is 0 Å². The number of ether oxygens (including phenoxy) is 1. The number of methoxy groups -OCH3 is 1. The van der Waals surface area contributed by atoms with Crippen LogP contribution >= 0.6 is 11.6 Å². The van der Waals surface area contributed by atoms with Crippen LogP contribution in [0.25, 0.3) is 0 Å². The van der Waals surface area contributed by atoms with Crippen molar-refractivity contribution in [2.75, 3.05) is 12.8 Å². The quantitative estimate of drug-likeness (QED) is 0.403. The van der Waals surface area contributed by atoms with Crippen LogP contribution in [0.3, 0.4) is 0 Å². The largest absolute Gasteiger partial charge is 0.465 e. The van der Waals surface area contributed by atoms with Crippen LogP contribution in [0.1, 0.15) is 10.4 Å². The fourth-order valence-electron chi connectivity index (χ4n) is 0.892. The fraction of sp³-hybridized carbons (Fsp3) is 0.125. The number of carbonyl (C=O) groups is 1. The first-order valence-corrected chi connectivity index (χ1v) is 3.87. The van der Waals surface area contributed by atoms with E-state index < -0.39 is 5.97 Å². The summed E-state index contributed by atoms with van der Waals surface area (Å²) < 4.78 is 4.49. The maximum absolute atomic E-state index is 11.1. The van der Waals surface area contributed by atoms with Crippen LogP contribution in [0.4, 0.5) is 5.69 Å². The Morgan fingerprint density at radius 3 is 2.77 bits per heavy atom. The molecule has 0 aromatic heterocycles. The SMILES string of the molecule is [B]c1cc(C(=O)OC)c(N)cc1Cl. The summed E-state index contributed by atoms with van der Waals surface area (Å²) in [5, 5.41) is 0.324. The van der Waals surface area contributed by atoms with Gasteiger partial charge < -0.3 is 10.5 Å². The molecule has 66 valence electrons. The van der Waals surface area contributed by atoms with Gasteiger partial charge in [0.15, 0.2) is 0 Å². The van der Waals surface area contributed by atoms with Crippen LogP contribution in [0.15, 0.2) is 12.1 Å². The van der Waals surface area contributed by atoms with E-state index >= 15 is 0 Å². The molecule has 0 fully saturated rings. The highest BCUT2D eigenvalue weighted by Gasteiger charge is 2.11. The number of rotatable bonds is 1. The molecule has 5 heteroatoms. The molecular weight excluding hydrogens is 188 g/mol. The molecular formula is C8H7BClNO2. The van der Waals surface area contributed by atoms with Gasteiger partial charge in [-0.05, 0) is 6.07 Å². The molecule has 1 aromatic carbocycles. The molecule has 0 atom stereocenters. The third kappa shape index (κ3) is 1.95. The van der Waals surface area contributed by atoms with Crippen molar-refractivity contribution in [3.05, 3.63) is 22.7 Å². The Kier molecular flexibility index (Phi) is 2.83. The molecule has 0 spiro atoms. The molecule has 0 aliphatic heterocycles. The van der Waals surface area contributed by atoms with Crippen molar-refractivity contribution < 1.29 is 9.53 Å². The predicted octanol–water partition coefficient (Wildman–Crippen LogP) is 0.503. The van der Waals surface area contributed by atoms with E-state index in [1.54, 1.807) is 0 Å². The van der Waals surface area contributed by atoms with Crippen molar-refractivity contribution in [3.63, 3.8) is 0 Å². The molecule has 2 N–H and O–H groups in total. The summed E-state index contributed by atoms with van der Waals surface area (Å²) in [7, 11) is 6.76. The van der Waals surface area contributed by atoms with E-state index in [4.69, 9.17) is 25.2 Å². The number of anilines is 1. The van der Waals surface area contributed by atoms with Crippen LogP contribution in [0.2, 0.25) is 5.02 Å². The summed E-state index contributed by atoms with van der Waals surface area (Å²) in [5.74, 6) is -0.527. The molecule has 0 amide bonds. The first-order chi connectivity index (χ1) is 6.06. The second-order valence-electron chi connectivity index (χ2n) is 2.45. The summed E-state index contributed by atoms with van der Waals surface area (Å²) in [6, 6.07) is 2.81. The Morgan fingerprint density at radius 2 is 2.23 bits per heavy atom. The number of benzene rings is 1. The van der Waals surface area contributed by atoms with E-state index in [2.05, 4.69) is 4.74 Å². The molecule has 0 aliphatic rings. The molecule has 13 heavy (non-hydrogen) atoms. The number of esters is 1. The fourth-order valence-corrected chi connectivity index (χ4v) is 1.06. The third-order valence-electron chi connectivity index (χ3n) is 1.57. The van der Waals surface area contributed by atoms with Gasteiger partial charge in [0, 0.05) is 10.7 Å². The van der Waals surface area contributed by atoms with Crippen LogP contribution < -0.4 is 11.2 Å². The number of carbonyl (C=O) groups excluding carboxylic acids is 1. The Bertz CT molecular complexity index is 354. The Labute approximate surface area is 82.2 Å². The lowest BCUT2D eigenvalue weighted by Crippen LogP contribution is -2.13. The smallest absolute Gasteiger partial charge is 0.339 e. The number of hydrogen-bond donors (Lipinski definition) is 1. The van der Waals surface area contributed by atoms with Gasteiger partial charge in [0.25, 0.3) is 0 Å². The van der Waals surface area contributed by atoms with Gasteiger partial charge in [-0.25, -0.2) is 4.79 Å². The van der Waals surface area contributed by atoms with Crippen molar-refractivity contribution in [2.45, 2.75) is 0 Å². The van der Waals surface area contributed by atoms with Crippen molar-refractivity contribution in [1.82, 2.24) is 0 Å². The lowest BCUT2D eigenvalue weighted by atomic mass is 9.93. The highest BCUT2D eigenvalue weighted by atomic mass is 35.5. The molecule has 0 unspecified atom stereocenters. The number of halogens is 1. The molecule has 0 aliphatic carbocycles. The van der Waals surface area contributed by atoms with E-state index in [1.807, 2.05) is 0 Å². The minimum atomic E-state index is -0.527. The van der Waals surface area contributed by atoms with Crippen molar-refractivity contribution in [1.29, 1.82) is 0 Å². The zero-order valence-electron chi connectivity index (χ0n) is 7.00. The lowest BCUT2D eigenvalue weighted by Gasteiger charge is -2.06. The summed E-state index contributed by atoms with van der Waals surface area (Å²) in [4.78, 5) is 11.1. The van der Waals surface area contributed by atoms with E-state index in [0.717, 1.165) is 0 Å². The maximum Gasteiger partial charge on any atom is 0.339 e. The maximum atomic E-state index is 11.1. The Hall–Kier alpha value is -1.16. The highest BCUT2D eigenvalue weighted by molar-refractivity contribution is 6.45. The first kappa shape index (κ1) is 9.93. The molecule has 0 heterocycles. The molecule has 0 bridgehead atoms. The summed E-state index contributed by atoms with van der Waals surface area (Å²) in [5.41, 5.74) is 6.31. The van der Waals surface area contributed by atoms with Crippen LogP contribution in [-0.4, -0.2) is 20.9 Å². The van der Waals surface area contributed by atoms with Crippen molar-refractivity contribution in [2.24, 2.45) is 0 Å². The summed E-state index contributed by atoms with van der Waals surface area (Å²) in [6.45, 7) is 0. The average molecular weight is 195 g/mol. The molecule has 0 saturated carbocycles. The Morgan fingerprint density at radius 1 is 1.62 bits per heavy atom. The highest BCUT2D eigenvalue weighted by Crippen LogP contribution is 2.16. The normalized spacial score (nSPS) is 9.69. The average Bonchev–Trinajstić information content (AvgIpc) is 2.10. The standard InChI is InChI=1S/C8H7BClNO2/c1-13-8(12)4-2-5(9)6(10)3-7(4)11/h2-3H,11H2,1H3. The molecule has 3 nitrogen and oxygen atoms in total. The van der Waals surface area contributed by atoms with Gasteiger partial charge in [0.2, 0.25) is 0 Å². The van der Waals surface area contributed by atoms with E-state index in [-0.39, 0.29) is 11.3 Å². The van der Waals surface area contributed by atoms with Gasteiger partial charge in [0.1, 0.15) is 7.85 Å². The van der Waals surface area contributed by atoms with Crippen LogP contribution in [-0.2, 0) is 4.74 Å². The summed E-state index contributed by atoms with van der Waals surface area (Å²) in [6.07, 6.45) is 0. The predicted molar refractivity (Wildman–Crippen MR) is 52.6 cm³/mol. The first-order valence-electron chi connectivity index (χ1n) is 3.49. The number of nitrogens with two attached hydrogens (primary N) is 1. The second kappa shape index (κ2) is 3.70. The zero-order chi connectivity index (χ0) is 10.0. The monoisotopic (exact) mass is 195 g/mol. The second-order valence-corrected chi connectivity index (χ2v) is 2.86. The van der Waals surface area contributed by atoms with E-state index in [9.17, 15) is 4.79 Å². The van der Waals surface area contributed by atoms with E-state index in [1.165, 1.54) is 19.2 Å². The zero-order valence-corrected chi connectivity index (χ0v) is 7.76. The number of nitrogen functional groups attached to an aromatic ring is 1. The van der Waals surface area contributed by atoms with Crippen molar-refractivity contribution in [3.8, 4) is 0 Å². The van der Waals surface area contributed by atoms with Gasteiger partial charge in [0.05, 0.1) is 12.7 Å². The van der Waals surface area contributed by atoms with Crippen LogP contribution in [0, 0.1) is 0 Å². The molecule has 0 saturated heterocycles. The van der Waals surface area contributed by atoms with Gasteiger partial charge in [-0.1, -0.05) is 23.1 Å². The van der Waals surface area contributed by atoms with Crippen molar-refractivity contribution >= 4 is 36.6 Å². The van der Waals surface area contributed by atoms with Gasteiger partial charge >= 0.3 is 5.97 Å². The molecule has 1 aromatic rings. The molecule has 1 rings (SSSR count). The lowest BCUT2D eigenvalue weighted by molar-refractivity contribution is 0.0602. The topological polar surface area (TPSA) is 52.3 Å². The van der Waals surface area contributed by atoms with Gasteiger partial charge in [-0.15, -0.1) is 0 Å². The number of hydrogen-bond acceptors (Lipinski definition) is 3. The summed E-state index contributed by atoms with van der Waals surface area (Å²) >= 11 is 5.68. The molecule has 2 radical (unpaired) electrons. The third-order valence-corrected chi connectivity index (χ3v) is 1.90. The Balaban J connectivity index is 3.23. The van der Waals surface area contributed by atoms with Gasteiger partial charge in [-0.3, -0.25) is 0 Å². The minimum Gasteiger partial charge on any atom is -0.465 e. The van der Waals surface area contributed by atoms with Gasteiger partial charge in [-0.2, -0.15) is 0 Å².